The number of allylic oxidation sites excluding steroid dienone is 1. The molecule has 1 aliphatic rings. The maximum absolute atomic E-state index is 6.79. The Kier molecular flexibility index (Phi) is 9.60. The minimum Gasteiger partial charge on any atom is -0.405 e. The first-order valence-corrected chi connectivity index (χ1v) is 13.0. The van der Waals surface area contributed by atoms with Crippen molar-refractivity contribution in [2.45, 2.75) is 40.0 Å². The fourth-order valence-electron chi connectivity index (χ4n) is 4.51. The van der Waals surface area contributed by atoms with Gasteiger partial charge < -0.3 is 15.5 Å². The number of pyridine rings is 1. The van der Waals surface area contributed by atoms with Crippen molar-refractivity contribution in [1.82, 2.24) is 14.8 Å². The van der Waals surface area contributed by atoms with E-state index in [4.69, 9.17) is 16.6 Å². The van der Waals surface area contributed by atoms with E-state index in [2.05, 4.69) is 91.6 Å². The van der Waals surface area contributed by atoms with Crippen molar-refractivity contribution in [2.24, 2.45) is 5.73 Å². The van der Waals surface area contributed by atoms with Gasteiger partial charge in [0, 0.05) is 48.5 Å². The molecule has 0 spiro atoms. The Hall–Kier alpha value is -3.24. The molecule has 3 aromatic rings. The lowest BCUT2D eigenvalue weighted by Crippen LogP contribution is -2.44. The van der Waals surface area contributed by atoms with Gasteiger partial charge in [0.25, 0.3) is 0 Å². The summed E-state index contributed by atoms with van der Waals surface area (Å²) in [5.74, 6) is 0. The first kappa shape index (κ1) is 27.3. The van der Waals surface area contributed by atoms with Crippen LogP contribution in [0.5, 0.6) is 0 Å². The second kappa shape index (κ2) is 12.6. The molecule has 2 heterocycles. The number of nitrogens with two attached hydrogens (primary N) is 1. The van der Waals surface area contributed by atoms with E-state index < -0.39 is 0 Å². The molecule has 4 rings (SSSR count). The molecule has 4 nitrogen and oxygen atoms in total. The molecule has 1 fully saturated rings. The number of halogens is 1. The molecule has 0 bridgehead atoms. The number of fused-ring (bicyclic) bond motifs is 1. The van der Waals surface area contributed by atoms with Crippen LogP contribution in [-0.2, 0) is 0 Å². The molecule has 0 unspecified atom stereocenters. The molecular weight excluding hydrogens is 464 g/mol. The van der Waals surface area contributed by atoms with Crippen molar-refractivity contribution < 1.29 is 0 Å². The Morgan fingerprint density at radius 1 is 1.03 bits per heavy atom. The monoisotopic (exact) mass is 502 g/mol. The molecular formula is C31H39ClN4. The lowest BCUT2D eigenvalue weighted by Gasteiger charge is -2.39. The summed E-state index contributed by atoms with van der Waals surface area (Å²) in [4.78, 5) is 9.83. The molecule has 5 heteroatoms. The molecule has 2 N–H and O–H groups in total. The minimum atomic E-state index is 0.770. The van der Waals surface area contributed by atoms with E-state index in [-0.39, 0.29) is 0 Å². The summed E-state index contributed by atoms with van der Waals surface area (Å²) in [5.41, 5.74) is 13.2. The number of benzene rings is 2. The third kappa shape index (κ3) is 6.30. The molecule has 190 valence electrons. The van der Waals surface area contributed by atoms with E-state index in [0.29, 0.717) is 0 Å². The number of nitrogens with zero attached hydrogens (tertiary/aromatic N) is 3. The number of aromatic nitrogens is 1. The van der Waals surface area contributed by atoms with Gasteiger partial charge in [0.1, 0.15) is 0 Å². The summed E-state index contributed by atoms with van der Waals surface area (Å²) in [6, 6.07) is 14.8. The fourth-order valence-corrected chi connectivity index (χ4v) is 4.76. The Bertz CT molecular complexity index is 1220. The largest absolute Gasteiger partial charge is 0.405 e. The number of aryl methyl sites for hydroxylation is 1. The van der Waals surface area contributed by atoms with Gasteiger partial charge in [-0.05, 0) is 50.1 Å². The highest BCUT2D eigenvalue weighted by Gasteiger charge is 2.20. The number of hydrogen-bond donors (Lipinski definition) is 1. The lowest BCUT2D eigenvalue weighted by molar-refractivity contribution is 0.209. The van der Waals surface area contributed by atoms with E-state index in [1.165, 1.54) is 30.3 Å². The maximum atomic E-state index is 6.79. The number of rotatable bonds is 7. The highest BCUT2D eigenvalue weighted by Crippen LogP contribution is 2.34. The molecule has 36 heavy (non-hydrogen) atoms. The van der Waals surface area contributed by atoms with E-state index in [9.17, 15) is 0 Å². The van der Waals surface area contributed by atoms with E-state index in [1.807, 2.05) is 6.92 Å². The molecule has 0 saturated carbocycles. The molecule has 1 aliphatic heterocycles. The summed E-state index contributed by atoms with van der Waals surface area (Å²) >= 11 is 6.79. The van der Waals surface area contributed by atoms with Gasteiger partial charge in [-0.25, -0.2) is 4.98 Å². The number of piperazine rings is 1. The van der Waals surface area contributed by atoms with Crippen molar-refractivity contribution in [3.05, 3.63) is 95.8 Å². The van der Waals surface area contributed by atoms with Crippen LogP contribution in [0.3, 0.4) is 0 Å². The van der Waals surface area contributed by atoms with Crippen LogP contribution in [0.25, 0.3) is 27.9 Å². The summed E-state index contributed by atoms with van der Waals surface area (Å²) < 4.78 is 0. The molecule has 2 aromatic carbocycles. The van der Waals surface area contributed by atoms with E-state index in [1.54, 1.807) is 0 Å². The van der Waals surface area contributed by atoms with Gasteiger partial charge in [0.15, 0.2) is 0 Å². The first-order chi connectivity index (χ1) is 17.3. The molecule has 0 aliphatic carbocycles. The molecule has 0 atom stereocenters. The van der Waals surface area contributed by atoms with Crippen LogP contribution in [0.1, 0.15) is 42.9 Å². The van der Waals surface area contributed by atoms with Crippen molar-refractivity contribution in [3.8, 4) is 11.3 Å². The third-order valence-electron chi connectivity index (χ3n) is 6.74. The zero-order chi connectivity index (χ0) is 26.2. The molecule has 0 radical (unpaired) electrons. The third-order valence-corrected chi connectivity index (χ3v) is 7.22. The summed E-state index contributed by atoms with van der Waals surface area (Å²) in [7, 11) is 0. The van der Waals surface area contributed by atoms with Gasteiger partial charge in [0.05, 0.1) is 16.2 Å². The molecule has 1 aromatic heterocycles. The van der Waals surface area contributed by atoms with Gasteiger partial charge in [-0.3, -0.25) is 0 Å². The van der Waals surface area contributed by atoms with Crippen LogP contribution in [0.4, 0.5) is 0 Å². The Morgan fingerprint density at radius 2 is 1.64 bits per heavy atom. The zero-order valence-corrected chi connectivity index (χ0v) is 22.7. The normalized spacial score (nSPS) is 13.2. The number of hydrogen-bond acceptors (Lipinski definition) is 4. The van der Waals surface area contributed by atoms with Crippen LogP contribution < -0.4 is 5.73 Å². The second-order valence-corrected chi connectivity index (χ2v) is 9.70. The van der Waals surface area contributed by atoms with Crippen LogP contribution in [0, 0.1) is 13.8 Å². The zero-order valence-electron chi connectivity index (χ0n) is 22.0. The van der Waals surface area contributed by atoms with E-state index >= 15 is 0 Å². The van der Waals surface area contributed by atoms with Crippen LogP contribution in [-0.4, -0.2) is 41.0 Å². The van der Waals surface area contributed by atoms with Crippen molar-refractivity contribution in [2.75, 3.05) is 26.2 Å². The highest BCUT2D eigenvalue weighted by atomic mass is 35.5. The standard InChI is InChI=1S/C29H34ClN3.C2H5N/c1-6-7-8-21(3)32-15-17-33(18-16-32)23(5)25-13-14-26-27(19-25)31-29(22(4)28(26)30)24-11-9-20(2)10-12-24;1-2-3/h9-14,19H,3,5-8,15-18H2,1-2,4H3;2H,1,3H2. The maximum Gasteiger partial charge on any atom is 0.0753 e. The van der Waals surface area contributed by atoms with Crippen LogP contribution in [0.15, 0.2) is 74.1 Å². The van der Waals surface area contributed by atoms with Gasteiger partial charge in [-0.2, -0.15) is 0 Å². The van der Waals surface area contributed by atoms with Crippen LogP contribution in [0.2, 0.25) is 5.02 Å². The first-order valence-electron chi connectivity index (χ1n) is 12.7. The highest BCUT2D eigenvalue weighted by molar-refractivity contribution is 6.36. The van der Waals surface area contributed by atoms with Gasteiger partial charge in [0.2, 0.25) is 0 Å². The van der Waals surface area contributed by atoms with E-state index in [0.717, 1.165) is 76.6 Å². The van der Waals surface area contributed by atoms with Crippen molar-refractivity contribution >= 4 is 28.2 Å². The average molecular weight is 503 g/mol. The fraction of sp³-hybridized carbons (Fsp3) is 0.323. The minimum absolute atomic E-state index is 0.770. The SMILES string of the molecule is C=C(CCCC)N1CCN(C(=C)c2ccc3c(Cl)c(C)c(-c4ccc(C)cc4)nc3c2)CC1.C=CN. The van der Waals surface area contributed by atoms with Crippen molar-refractivity contribution in [1.29, 1.82) is 0 Å². The predicted molar refractivity (Wildman–Crippen MR) is 157 cm³/mol. The molecule has 1 saturated heterocycles. The van der Waals surface area contributed by atoms with Crippen LogP contribution >= 0.6 is 11.6 Å². The topological polar surface area (TPSA) is 45.4 Å². The van der Waals surface area contributed by atoms with Gasteiger partial charge >= 0.3 is 0 Å². The summed E-state index contributed by atoms with van der Waals surface area (Å²) in [6.45, 7) is 22.1. The van der Waals surface area contributed by atoms with Gasteiger partial charge in [-0.15, -0.1) is 0 Å². The smallest absolute Gasteiger partial charge is 0.0753 e. The summed E-state index contributed by atoms with van der Waals surface area (Å²) in [6.07, 6.45) is 4.76. The average Bonchev–Trinajstić information content (AvgIpc) is 2.89. The Labute approximate surface area is 221 Å². The van der Waals surface area contributed by atoms with Crippen molar-refractivity contribution in [3.63, 3.8) is 0 Å². The molecule has 0 amide bonds. The lowest BCUT2D eigenvalue weighted by atomic mass is 10.0. The number of unbranched alkanes of at least 4 members (excludes halogenated alkanes) is 1. The summed E-state index contributed by atoms with van der Waals surface area (Å²) in [5, 5.41) is 1.76. The second-order valence-electron chi connectivity index (χ2n) is 9.32. The predicted octanol–water partition coefficient (Wildman–Crippen LogP) is 7.55. The Morgan fingerprint density at radius 3 is 2.25 bits per heavy atom. The quantitative estimate of drug-likeness (QED) is 0.362. The van der Waals surface area contributed by atoms with Gasteiger partial charge in [-0.1, -0.05) is 86.6 Å². The Balaban J connectivity index is 0.00000115.